The molecule has 0 aliphatic heterocycles. The summed E-state index contributed by atoms with van der Waals surface area (Å²) >= 11 is 0. The molecule has 0 N–H and O–H groups in total. The summed E-state index contributed by atoms with van der Waals surface area (Å²) in [5, 5.41) is 0. The second-order valence-electron chi connectivity index (χ2n) is 6.78. The van der Waals surface area contributed by atoms with E-state index in [9.17, 15) is 9.18 Å². The van der Waals surface area contributed by atoms with Gasteiger partial charge >= 0.3 is 0 Å². The molecule has 3 rings (SSSR count). The first-order chi connectivity index (χ1) is 13.1. The van der Waals surface area contributed by atoms with Gasteiger partial charge in [0.15, 0.2) is 0 Å². The average molecular weight is 364 g/mol. The number of nitrogens with zero attached hydrogens (tertiary/aromatic N) is 2. The molecule has 0 saturated carbocycles. The number of rotatable bonds is 7. The van der Waals surface area contributed by atoms with Crippen LogP contribution in [0.1, 0.15) is 41.9 Å². The van der Waals surface area contributed by atoms with E-state index >= 15 is 0 Å². The Morgan fingerprint density at radius 2 is 1.74 bits per heavy atom. The fraction of sp³-hybridized carbons (Fsp3) is 0.261. The summed E-state index contributed by atoms with van der Waals surface area (Å²) in [6.07, 6.45) is 2.82. The number of carbonyl (C=O) groups is 1. The topological polar surface area (TPSA) is 25.2 Å². The zero-order chi connectivity index (χ0) is 19.2. The van der Waals surface area contributed by atoms with Gasteiger partial charge in [0.05, 0.1) is 12.1 Å². The highest BCUT2D eigenvalue weighted by Gasteiger charge is 2.24. The van der Waals surface area contributed by atoms with E-state index < -0.39 is 5.82 Å². The highest BCUT2D eigenvalue weighted by molar-refractivity contribution is 5.94. The molecule has 27 heavy (non-hydrogen) atoms. The van der Waals surface area contributed by atoms with Crippen LogP contribution in [-0.4, -0.2) is 21.4 Å². The summed E-state index contributed by atoms with van der Waals surface area (Å²) in [5.41, 5.74) is 2.35. The van der Waals surface area contributed by atoms with E-state index in [2.05, 4.69) is 16.7 Å². The number of benzene rings is 2. The van der Waals surface area contributed by atoms with Gasteiger partial charge in [-0.1, -0.05) is 49.4 Å². The minimum atomic E-state index is -0.476. The molecule has 0 bridgehead atoms. The van der Waals surface area contributed by atoms with E-state index in [1.807, 2.05) is 50.4 Å². The normalized spacial score (nSPS) is 12.0. The molecular formula is C23H25FN2O. The van der Waals surface area contributed by atoms with Gasteiger partial charge in [0.2, 0.25) is 0 Å². The van der Waals surface area contributed by atoms with Crippen LogP contribution < -0.4 is 0 Å². The van der Waals surface area contributed by atoms with Gasteiger partial charge < -0.3 is 9.47 Å². The van der Waals surface area contributed by atoms with Crippen molar-refractivity contribution in [3.8, 4) is 0 Å². The number of carbonyl (C=O) groups excluding carboxylic acids is 1. The van der Waals surface area contributed by atoms with Gasteiger partial charge in [0.25, 0.3) is 5.91 Å². The third-order valence-corrected chi connectivity index (χ3v) is 4.94. The molecule has 140 valence electrons. The van der Waals surface area contributed by atoms with Crippen LogP contribution in [0.2, 0.25) is 0 Å². The molecule has 1 heterocycles. The second-order valence-corrected chi connectivity index (χ2v) is 6.78. The van der Waals surface area contributed by atoms with Crippen LogP contribution in [0, 0.1) is 5.82 Å². The van der Waals surface area contributed by atoms with Crippen LogP contribution in [0.25, 0.3) is 0 Å². The predicted molar refractivity (Wildman–Crippen MR) is 106 cm³/mol. The van der Waals surface area contributed by atoms with Crippen LogP contribution in [-0.2, 0) is 13.1 Å². The predicted octanol–water partition coefficient (Wildman–Crippen LogP) is 5.12. The van der Waals surface area contributed by atoms with Crippen molar-refractivity contribution in [3.05, 3.63) is 95.6 Å². The summed E-state index contributed by atoms with van der Waals surface area (Å²) < 4.78 is 16.3. The van der Waals surface area contributed by atoms with E-state index in [4.69, 9.17) is 0 Å². The molecule has 1 unspecified atom stereocenters. The highest BCUT2D eigenvalue weighted by atomic mass is 19.1. The largest absolute Gasteiger partial charge is 0.345 e. The van der Waals surface area contributed by atoms with Gasteiger partial charge in [-0.25, -0.2) is 4.39 Å². The Hall–Kier alpha value is -2.88. The molecule has 0 spiro atoms. The first-order valence-electron chi connectivity index (χ1n) is 9.33. The van der Waals surface area contributed by atoms with Crippen LogP contribution >= 0.6 is 0 Å². The Bertz CT molecular complexity index is 888. The first-order valence-corrected chi connectivity index (χ1v) is 9.33. The fourth-order valence-corrected chi connectivity index (χ4v) is 3.14. The molecule has 0 fully saturated rings. The van der Waals surface area contributed by atoms with Gasteiger partial charge in [-0.2, -0.15) is 0 Å². The maximum Gasteiger partial charge on any atom is 0.257 e. The van der Waals surface area contributed by atoms with Crippen LogP contribution in [0.15, 0.2) is 72.9 Å². The number of hydrogen-bond donors (Lipinski definition) is 0. The zero-order valence-electron chi connectivity index (χ0n) is 15.8. The van der Waals surface area contributed by atoms with Crippen molar-refractivity contribution in [1.82, 2.24) is 9.47 Å². The summed E-state index contributed by atoms with van der Waals surface area (Å²) in [6.45, 7) is 5.23. The summed E-state index contributed by atoms with van der Waals surface area (Å²) in [5.74, 6) is -0.745. The smallest absolute Gasteiger partial charge is 0.257 e. The Morgan fingerprint density at radius 1 is 1.04 bits per heavy atom. The maximum absolute atomic E-state index is 14.2. The molecule has 1 aromatic heterocycles. The SMILES string of the molecule is CCC(C)N(Cc1cccn1Cc1ccccc1)C(=O)c1ccccc1F. The lowest BCUT2D eigenvalue weighted by Crippen LogP contribution is -2.38. The van der Waals surface area contributed by atoms with Crippen molar-refractivity contribution in [3.63, 3.8) is 0 Å². The van der Waals surface area contributed by atoms with Gasteiger partial charge in [-0.05, 0) is 43.2 Å². The molecule has 4 heteroatoms. The molecule has 0 saturated heterocycles. The molecule has 3 nitrogen and oxygen atoms in total. The lowest BCUT2D eigenvalue weighted by Gasteiger charge is -2.29. The molecule has 0 aliphatic rings. The third kappa shape index (κ3) is 4.45. The molecular weight excluding hydrogens is 339 g/mol. The third-order valence-electron chi connectivity index (χ3n) is 4.94. The number of aromatic nitrogens is 1. The molecule has 1 atom stereocenters. The Labute approximate surface area is 160 Å². The monoisotopic (exact) mass is 364 g/mol. The Kier molecular flexibility index (Phi) is 6.07. The Balaban J connectivity index is 1.85. The van der Waals surface area contributed by atoms with E-state index in [0.717, 1.165) is 18.7 Å². The van der Waals surface area contributed by atoms with Gasteiger partial charge in [-0.15, -0.1) is 0 Å². The zero-order valence-corrected chi connectivity index (χ0v) is 15.8. The van der Waals surface area contributed by atoms with Crippen LogP contribution in [0.4, 0.5) is 4.39 Å². The minimum absolute atomic E-state index is 0.0113. The average Bonchev–Trinajstić information content (AvgIpc) is 3.13. The molecule has 0 aliphatic carbocycles. The van der Waals surface area contributed by atoms with Crippen molar-refractivity contribution in [2.24, 2.45) is 0 Å². The maximum atomic E-state index is 14.2. The van der Waals surface area contributed by atoms with E-state index in [1.54, 1.807) is 23.1 Å². The number of halogens is 1. The van der Waals surface area contributed by atoms with Gasteiger partial charge in [0, 0.05) is 24.5 Å². The minimum Gasteiger partial charge on any atom is -0.345 e. The van der Waals surface area contributed by atoms with Crippen molar-refractivity contribution in [1.29, 1.82) is 0 Å². The molecule has 3 aromatic rings. The van der Waals surface area contributed by atoms with Crippen molar-refractivity contribution < 1.29 is 9.18 Å². The van der Waals surface area contributed by atoms with Crippen LogP contribution in [0.3, 0.4) is 0 Å². The quantitative estimate of drug-likeness (QED) is 0.571. The fourth-order valence-electron chi connectivity index (χ4n) is 3.14. The van der Waals surface area contributed by atoms with Gasteiger partial charge in [-0.3, -0.25) is 4.79 Å². The van der Waals surface area contributed by atoms with E-state index in [1.165, 1.54) is 11.6 Å². The standard InChI is InChI=1S/C23H25FN2O/c1-3-18(2)26(23(27)21-13-7-8-14-22(21)24)17-20-12-9-15-25(20)16-19-10-5-4-6-11-19/h4-15,18H,3,16-17H2,1-2H3. The lowest BCUT2D eigenvalue weighted by molar-refractivity contribution is 0.0662. The van der Waals surface area contributed by atoms with E-state index in [-0.39, 0.29) is 17.5 Å². The molecule has 2 aromatic carbocycles. The molecule has 1 amide bonds. The highest BCUT2D eigenvalue weighted by Crippen LogP contribution is 2.18. The van der Waals surface area contributed by atoms with Crippen molar-refractivity contribution in [2.45, 2.75) is 39.4 Å². The number of hydrogen-bond acceptors (Lipinski definition) is 1. The van der Waals surface area contributed by atoms with Gasteiger partial charge in [0.1, 0.15) is 5.82 Å². The Morgan fingerprint density at radius 3 is 2.44 bits per heavy atom. The molecule has 0 radical (unpaired) electrons. The summed E-state index contributed by atoms with van der Waals surface area (Å²) in [6, 6.07) is 20.4. The van der Waals surface area contributed by atoms with Crippen molar-refractivity contribution in [2.75, 3.05) is 0 Å². The number of amides is 1. The van der Waals surface area contributed by atoms with E-state index in [0.29, 0.717) is 6.54 Å². The lowest BCUT2D eigenvalue weighted by atomic mass is 10.1. The summed E-state index contributed by atoms with van der Waals surface area (Å²) in [7, 11) is 0. The van der Waals surface area contributed by atoms with Crippen LogP contribution in [0.5, 0.6) is 0 Å². The first kappa shape index (κ1) is 18.9. The second kappa shape index (κ2) is 8.67. The van der Waals surface area contributed by atoms with Crippen molar-refractivity contribution >= 4 is 5.91 Å². The summed E-state index contributed by atoms with van der Waals surface area (Å²) in [4.78, 5) is 14.8.